The minimum absolute atomic E-state index is 0.0300. The fourth-order valence-corrected chi connectivity index (χ4v) is 4.34. The van der Waals surface area contributed by atoms with E-state index in [4.69, 9.17) is 16.0 Å². The van der Waals surface area contributed by atoms with Crippen LogP contribution in [0.3, 0.4) is 0 Å². The third-order valence-electron chi connectivity index (χ3n) is 5.87. The second-order valence-corrected chi connectivity index (χ2v) is 8.52. The van der Waals surface area contributed by atoms with Crippen molar-refractivity contribution >= 4 is 28.6 Å². The van der Waals surface area contributed by atoms with Crippen LogP contribution < -0.4 is 0 Å². The van der Waals surface area contributed by atoms with Gasteiger partial charge in [0.2, 0.25) is 0 Å². The number of rotatable bonds is 3. The molecule has 0 spiro atoms. The summed E-state index contributed by atoms with van der Waals surface area (Å²) in [5.41, 5.74) is 3.72. The van der Waals surface area contributed by atoms with Gasteiger partial charge in [0, 0.05) is 17.6 Å². The number of halogens is 1. The van der Waals surface area contributed by atoms with Crippen LogP contribution in [0.5, 0.6) is 0 Å². The maximum absolute atomic E-state index is 13.7. The summed E-state index contributed by atoms with van der Waals surface area (Å²) >= 11 is 6.09. The standard InChI is InChI=1S/C23H22ClN5O2/c1-14-3-7-20(29-25-9-10-26-29)18(11-14)23(30)28-13-16(5-4-15(28)2)22-27-19-12-17(24)6-8-21(19)31-22/h3,6-12,15-16H,4-5,13H2,1-2H3/t15-,16-/m1/s1. The number of aryl methyl sites for hydroxylation is 1. The Hall–Kier alpha value is -3.19. The van der Waals surface area contributed by atoms with Crippen molar-refractivity contribution in [3.63, 3.8) is 0 Å². The van der Waals surface area contributed by atoms with E-state index in [1.165, 1.54) is 4.80 Å². The molecule has 2 atom stereocenters. The zero-order valence-electron chi connectivity index (χ0n) is 17.3. The first kappa shape index (κ1) is 19.8. The van der Waals surface area contributed by atoms with Gasteiger partial charge in [-0.3, -0.25) is 4.79 Å². The van der Waals surface area contributed by atoms with Gasteiger partial charge >= 0.3 is 0 Å². The lowest BCUT2D eigenvalue weighted by molar-refractivity contribution is 0.0597. The highest BCUT2D eigenvalue weighted by molar-refractivity contribution is 6.31. The number of amides is 1. The Labute approximate surface area is 184 Å². The average molecular weight is 436 g/mol. The first-order chi connectivity index (χ1) is 15.0. The molecule has 7 nitrogen and oxygen atoms in total. The van der Waals surface area contributed by atoms with Crippen molar-refractivity contribution in [2.75, 3.05) is 6.54 Å². The van der Waals surface area contributed by atoms with Gasteiger partial charge in [0.1, 0.15) is 5.52 Å². The Morgan fingerprint density at radius 3 is 2.74 bits per heavy atom. The molecule has 0 unspecified atom stereocenters. The molecule has 0 bridgehead atoms. The summed E-state index contributed by atoms with van der Waals surface area (Å²) in [6.45, 7) is 4.60. The van der Waals surface area contributed by atoms with Crippen LogP contribution in [0.2, 0.25) is 5.02 Å². The van der Waals surface area contributed by atoms with Crippen molar-refractivity contribution in [1.82, 2.24) is 24.9 Å². The van der Waals surface area contributed by atoms with Crippen molar-refractivity contribution in [3.8, 4) is 5.69 Å². The Morgan fingerprint density at radius 2 is 1.94 bits per heavy atom. The highest BCUT2D eigenvalue weighted by Gasteiger charge is 2.34. The molecular formula is C23H22ClN5O2. The molecule has 1 aliphatic heterocycles. The minimum atomic E-state index is -0.0349. The highest BCUT2D eigenvalue weighted by Crippen LogP contribution is 2.33. The number of carbonyl (C=O) groups excluding carboxylic acids is 1. The molecule has 31 heavy (non-hydrogen) atoms. The molecule has 8 heteroatoms. The Kier molecular flexibility index (Phi) is 4.98. The number of oxazole rings is 1. The zero-order chi connectivity index (χ0) is 21.5. The van der Waals surface area contributed by atoms with Crippen LogP contribution >= 0.6 is 11.6 Å². The minimum Gasteiger partial charge on any atom is -0.440 e. The molecule has 1 aliphatic rings. The third kappa shape index (κ3) is 3.70. The van der Waals surface area contributed by atoms with Crippen molar-refractivity contribution in [3.05, 3.63) is 70.8 Å². The van der Waals surface area contributed by atoms with Gasteiger partial charge in [-0.05, 0) is 57.0 Å². The first-order valence-electron chi connectivity index (χ1n) is 10.3. The van der Waals surface area contributed by atoms with Crippen LogP contribution in [0.15, 0.2) is 53.2 Å². The number of nitrogens with zero attached hydrogens (tertiary/aromatic N) is 5. The van der Waals surface area contributed by atoms with E-state index < -0.39 is 0 Å². The summed E-state index contributed by atoms with van der Waals surface area (Å²) < 4.78 is 6.00. The normalized spacial score (nSPS) is 19.1. The van der Waals surface area contributed by atoms with Crippen molar-refractivity contribution < 1.29 is 9.21 Å². The summed E-state index contributed by atoms with van der Waals surface area (Å²) in [5.74, 6) is 0.648. The molecule has 1 fully saturated rings. The van der Waals surface area contributed by atoms with Crippen LogP contribution in [0.25, 0.3) is 16.8 Å². The number of benzene rings is 2. The molecule has 1 saturated heterocycles. The lowest BCUT2D eigenvalue weighted by atomic mass is 9.92. The van der Waals surface area contributed by atoms with E-state index >= 15 is 0 Å². The van der Waals surface area contributed by atoms with Gasteiger partial charge in [-0.1, -0.05) is 23.2 Å². The zero-order valence-corrected chi connectivity index (χ0v) is 18.1. The van der Waals surface area contributed by atoms with E-state index in [-0.39, 0.29) is 17.9 Å². The van der Waals surface area contributed by atoms with E-state index in [2.05, 4.69) is 22.1 Å². The van der Waals surface area contributed by atoms with Crippen LogP contribution in [-0.4, -0.2) is 43.4 Å². The Bertz CT molecular complexity index is 1250. The number of aromatic nitrogens is 4. The highest BCUT2D eigenvalue weighted by atomic mass is 35.5. The molecule has 4 aromatic rings. The molecule has 0 radical (unpaired) electrons. The molecule has 2 aromatic heterocycles. The molecule has 2 aromatic carbocycles. The fraction of sp³-hybridized carbons (Fsp3) is 0.304. The average Bonchev–Trinajstić information content (AvgIpc) is 3.43. The van der Waals surface area contributed by atoms with Gasteiger partial charge in [-0.25, -0.2) is 4.98 Å². The van der Waals surface area contributed by atoms with E-state index in [0.717, 1.165) is 23.9 Å². The van der Waals surface area contributed by atoms with Gasteiger partial charge in [0.25, 0.3) is 5.91 Å². The van der Waals surface area contributed by atoms with Gasteiger partial charge in [-0.2, -0.15) is 15.0 Å². The smallest absolute Gasteiger partial charge is 0.256 e. The van der Waals surface area contributed by atoms with Gasteiger partial charge in [0.15, 0.2) is 11.5 Å². The van der Waals surface area contributed by atoms with Crippen LogP contribution in [-0.2, 0) is 0 Å². The number of likely N-dealkylation sites (tertiary alicyclic amines) is 1. The second kappa shape index (κ2) is 7.81. The van der Waals surface area contributed by atoms with Crippen LogP contribution in [0, 0.1) is 6.92 Å². The summed E-state index contributed by atoms with van der Waals surface area (Å²) in [7, 11) is 0. The number of carbonyl (C=O) groups is 1. The maximum atomic E-state index is 13.7. The van der Waals surface area contributed by atoms with Crippen molar-refractivity contribution in [2.45, 2.75) is 38.6 Å². The van der Waals surface area contributed by atoms with E-state index in [1.807, 2.05) is 36.1 Å². The monoisotopic (exact) mass is 435 g/mol. The SMILES string of the molecule is Cc1ccc(-n2nccn2)c(C(=O)N2C[C@H](c3nc4cc(Cl)ccc4o3)CC[C@H]2C)c1. The molecule has 0 saturated carbocycles. The van der Waals surface area contributed by atoms with Gasteiger partial charge in [-0.15, -0.1) is 0 Å². The topological polar surface area (TPSA) is 77.1 Å². The second-order valence-electron chi connectivity index (χ2n) is 8.08. The molecular weight excluding hydrogens is 414 g/mol. The summed E-state index contributed by atoms with van der Waals surface area (Å²) in [4.78, 5) is 21.7. The summed E-state index contributed by atoms with van der Waals surface area (Å²) in [6, 6.07) is 11.3. The molecule has 1 amide bonds. The van der Waals surface area contributed by atoms with E-state index in [1.54, 1.807) is 24.5 Å². The van der Waals surface area contributed by atoms with E-state index in [0.29, 0.717) is 34.3 Å². The predicted molar refractivity (Wildman–Crippen MR) is 118 cm³/mol. The predicted octanol–water partition coefficient (Wildman–Crippen LogP) is 4.78. The number of hydrogen-bond donors (Lipinski definition) is 0. The Balaban J connectivity index is 1.47. The summed E-state index contributed by atoms with van der Waals surface area (Å²) in [6.07, 6.45) is 4.99. The molecule has 0 aliphatic carbocycles. The maximum Gasteiger partial charge on any atom is 0.256 e. The Morgan fingerprint density at radius 1 is 1.13 bits per heavy atom. The van der Waals surface area contributed by atoms with Gasteiger partial charge in [0.05, 0.1) is 29.6 Å². The molecule has 158 valence electrons. The lowest BCUT2D eigenvalue weighted by Gasteiger charge is -2.37. The largest absolute Gasteiger partial charge is 0.440 e. The molecule has 0 N–H and O–H groups in total. The first-order valence-corrected chi connectivity index (χ1v) is 10.7. The van der Waals surface area contributed by atoms with Crippen LogP contribution in [0.1, 0.15) is 47.5 Å². The molecule has 5 rings (SSSR count). The quantitative estimate of drug-likeness (QED) is 0.463. The fourth-order valence-electron chi connectivity index (χ4n) is 4.17. The number of fused-ring (bicyclic) bond motifs is 1. The molecule has 3 heterocycles. The van der Waals surface area contributed by atoms with Gasteiger partial charge < -0.3 is 9.32 Å². The lowest BCUT2D eigenvalue weighted by Crippen LogP contribution is -2.45. The third-order valence-corrected chi connectivity index (χ3v) is 6.11. The van der Waals surface area contributed by atoms with Crippen molar-refractivity contribution in [2.24, 2.45) is 0 Å². The number of piperidine rings is 1. The number of hydrogen-bond acceptors (Lipinski definition) is 5. The summed E-state index contributed by atoms with van der Waals surface area (Å²) in [5, 5.41) is 9.06. The van der Waals surface area contributed by atoms with Crippen molar-refractivity contribution in [1.29, 1.82) is 0 Å². The van der Waals surface area contributed by atoms with Crippen LogP contribution in [0.4, 0.5) is 0 Å². The van der Waals surface area contributed by atoms with E-state index in [9.17, 15) is 4.79 Å².